The number of nitrogens with zero attached hydrogens (tertiary/aromatic N) is 1. The fraction of sp³-hybridized carbons (Fsp3) is 0.400. The summed E-state index contributed by atoms with van der Waals surface area (Å²) in [6.45, 7) is 0.767. The first kappa shape index (κ1) is 18.5. The third kappa shape index (κ3) is 5.92. The lowest BCUT2D eigenvalue weighted by Crippen LogP contribution is -2.24. The maximum atomic E-state index is 12.0. The molecule has 1 aliphatic rings. The van der Waals surface area contributed by atoms with Gasteiger partial charge in [-0.1, -0.05) is 11.6 Å². The molecule has 1 aliphatic carbocycles. The molecular weight excluding hydrogens is 352 g/mol. The van der Waals surface area contributed by atoms with Crippen molar-refractivity contribution < 1.29 is 14.3 Å². The first-order chi connectivity index (χ1) is 12.7. The molecule has 3 rings (SSSR count). The van der Waals surface area contributed by atoms with Gasteiger partial charge in [-0.2, -0.15) is 0 Å². The van der Waals surface area contributed by atoms with E-state index in [2.05, 4.69) is 10.3 Å². The van der Waals surface area contributed by atoms with Crippen molar-refractivity contribution >= 4 is 17.5 Å². The van der Waals surface area contributed by atoms with E-state index in [9.17, 15) is 4.79 Å². The smallest absolute Gasteiger partial charge is 0.223 e. The fourth-order valence-electron chi connectivity index (χ4n) is 2.88. The molecule has 6 heteroatoms. The van der Waals surface area contributed by atoms with Gasteiger partial charge in [-0.15, -0.1) is 0 Å². The number of amides is 1. The van der Waals surface area contributed by atoms with Crippen LogP contribution in [-0.2, 0) is 11.3 Å². The summed E-state index contributed by atoms with van der Waals surface area (Å²) in [7, 11) is 0. The third-order valence-electron chi connectivity index (χ3n) is 4.29. The van der Waals surface area contributed by atoms with Crippen LogP contribution >= 0.6 is 11.6 Å². The van der Waals surface area contributed by atoms with Crippen molar-refractivity contribution in [1.29, 1.82) is 0 Å². The summed E-state index contributed by atoms with van der Waals surface area (Å²) in [4.78, 5) is 16.2. The SMILES string of the molecule is O=C(CCOc1ccc(Cl)cc1)NCc1ccnc(OC2CCCC2)c1. The number of carbonyl (C=O) groups is 1. The molecule has 1 fully saturated rings. The van der Waals surface area contributed by atoms with Gasteiger partial charge in [0, 0.05) is 23.8 Å². The first-order valence-electron chi connectivity index (χ1n) is 8.96. The van der Waals surface area contributed by atoms with Crippen LogP contribution in [0.5, 0.6) is 11.6 Å². The average Bonchev–Trinajstić information content (AvgIpc) is 3.15. The summed E-state index contributed by atoms with van der Waals surface area (Å²) >= 11 is 5.82. The van der Waals surface area contributed by atoms with Crippen LogP contribution in [0.3, 0.4) is 0 Å². The number of halogens is 1. The van der Waals surface area contributed by atoms with Gasteiger partial charge in [0.1, 0.15) is 11.9 Å². The van der Waals surface area contributed by atoms with Crippen LogP contribution in [0.4, 0.5) is 0 Å². The zero-order valence-corrected chi connectivity index (χ0v) is 15.4. The summed E-state index contributed by atoms with van der Waals surface area (Å²) in [5.41, 5.74) is 0.972. The molecule has 0 saturated heterocycles. The summed E-state index contributed by atoms with van der Waals surface area (Å²) < 4.78 is 11.4. The van der Waals surface area contributed by atoms with Gasteiger partial charge in [-0.3, -0.25) is 4.79 Å². The molecule has 1 saturated carbocycles. The van der Waals surface area contributed by atoms with E-state index in [-0.39, 0.29) is 12.0 Å². The zero-order chi connectivity index (χ0) is 18.2. The number of carbonyl (C=O) groups excluding carboxylic acids is 1. The van der Waals surface area contributed by atoms with Gasteiger partial charge in [0.15, 0.2) is 0 Å². The van der Waals surface area contributed by atoms with Gasteiger partial charge in [0.25, 0.3) is 0 Å². The predicted octanol–water partition coefficient (Wildman–Crippen LogP) is 4.14. The maximum Gasteiger partial charge on any atom is 0.223 e. The molecule has 1 N–H and O–H groups in total. The lowest BCUT2D eigenvalue weighted by atomic mass is 10.2. The van der Waals surface area contributed by atoms with Gasteiger partial charge in [-0.05, 0) is 61.6 Å². The summed E-state index contributed by atoms with van der Waals surface area (Å²) in [6, 6.07) is 10.8. The van der Waals surface area contributed by atoms with Crippen LogP contribution in [0.1, 0.15) is 37.7 Å². The lowest BCUT2D eigenvalue weighted by molar-refractivity contribution is -0.121. The first-order valence-corrected chi connectivity index (χ1v) is 9.33. The Morgan fingerprint density at radius 1 is 1.19 bits per heavy atom. The molecule has 5 nitrogen and oxygen atoms in total. The van der Waals surface area contributed by atoms with Gasteiger partial charge in [0.05, 0.1) is 13.0 Å². The van der Waals surface area contributed by atoms with E-state index in [0.29, 0.717) is 36.2 Å². The van der Waals surface area contributed by atoms with Crippen LogP contribution in [0.2, 0.25) is 5.02 Å². The fourth-order valence-corrected chi connectivity index (χ4v) is 3.01. The molecule has 0 unspecified atom stereocenters. The molecule has 2 aromatic rings. The Hall–Kier alpha value is -2.27. The number of pyridine rings is 1. The molecule has 1 heterocycles. The van der Waals surface area contributed by atoms with E-state index in [1.165, 1.54) is 12.8 Å². The number of aromatic nitrogens is 1. The van der Waals surface area contributed by atoms with Gasteiger partial charge in [0.2, 0.25) is 11.8 Å². The van der Waals surface area contributed by atoms with Crippen LogP contribution in [0.15, 0.2) is 42.6 Å². The summed E-state index contributed by atoms with van der Waals surface area (Å²) in [5, 5.41) is 3.55. The quantitative estimate of drug-likeness (QED) is 0.754. The van der Waals surface area contributed by atoms with Crippen molar-refractivity contribution in [3.05, 3.63) is 53.2 Å². The predicted molar refractivity (Wildman–Crippen MR) is 101 cm³/mol. The molecule has 0 aliphatic heterocycles. The largest absolute Gasteiger partial charge is 0.493 e. The van der Waals surface area contributed by atoms with E-state index in [0.717, 1.165) is 18.4 Å². The van der Waals surface area contributed by atoms with Gasteiger partial charge < -0.3 is 14.8 Å². The Morgan fingerprint density at radius 2 is 1.96 bits per heavy atom. The molecular formula is C20H23ClN2O3. The zero-order valence-electron chi connectivity index (χ0n) is 14.6. The molecule has 26 heavy (non-hydrogen) atoms. The average molecular weight is 375 g/mol. The van der Waals surface area contributed by atoms with Crippen molar-refractivity contribution in [3.63, 3.8) is 0 Å². The lowest BCUT2D eigenvalue weighted by Gasteiger charge is -2.13. The molecule has 1 aromatic heterocycles. The van der Waals surface area contributed by atoms with E-state index in [1.54, 1.807) is 30.5 Å². The Kier molecular flexibility index (Phi) is 6.72. The number of ether oxygens (including phenoxy) is 2. The Labute approximate surface area is 158 Å². The molecule has 0 spiro atoms. The van der Waals surface area contributed by atoms with E-state index in [4.69, 9.17) is 21.1 Å². The van der Waals surface area contributed by atoms with Crippen LogP contribution in [-0.4, -0.2) is 23.6 Å². The van der Waals surface area contributed by atoms with E-state index >= 15 is 0 Å². The van der Waals surface area contributed by atoms with Gasteiger partial charge >= 0.3 is 0 Å². The highest BCUT2D eigenvalue weighted by Gasteiger charge is 2.17. The highest BCUT2D eigenvalue weighted by molar-refractivity contribution is 6.30. The van der Waals surface area contributed by atoms with Crippen molar-refractivity contribution in [2.75, 3.05) is 6.61 Å². The van der Waals surface area contributed by atoms with Crippen molar-refractivity contribution in [1.82, 2.24) is 10.3 Å². The van der Waals surface area contributed by atoms with Crippen molar-refractivity contribution in [3.8, 4) is 11.6 Å². The standard InChI is InChI=1S/C20H23ClN2O3/c21-16-5-7-17(8-6-16)25-12-10-19(24)23-14-15-9-11-22-20(13-15)26-18-3-1-2-4-18/h5-9,11,13,18H,1-4,10,12,14H2,(H,23,24). The van der Waals surface area contributed by atoms with E-state index in [1.807, 2.05) is 12.1 Å². The van der Waals surface area contributed by atoms with Crippen LogP contribution in [0, 0.1) is 0 Å². The summed E-state index contributed by atoms with van der Waals surface area (Å²) in [6.07, 6.45) is 6.91. The minimum absolute atomic E-state index is 0.0611. The van der Waals surface area contributed by atoms with Crippen molar-refractivity contribution in [2.45, 2.75) is 44.8 Å². The topological polar surface area (TPSA) is 60.5 Å². The molecule has 0 atom stereocenters. The summed E-state index contributed by atoms with van der Waals surface area (Å²) in [5.74, 6) is 1.27. The molecule has 0 radical (unpaired) electrons. The number of benzene rings is 1. The molecule has 138 valence electrons. The minimum Gasteiger partial charge on any atom is -0.493 e. The second-order valence-electron chi connectivity index (χ2n) is 6.36. The highest BCUT2D eigenvalue weighted by atomic mass is 35.5. The Bertz CT molecular complexity index is 715. The normalized spacial score (nSPS) is 14.2. The Balaban J connectivity index is 1.39. The number of rotatable bonds is 8. The molecule has 0 bridgehead atoms. The van der Waals surface area contributed by atoms with Crippen LogP contribution < -0.4 is 14.8 Å². The third-order valence-corrected chi connectivity index (χ3v) is 4.54. The van der Waals surface area contributed by atoms with Gasteiger partial charge in [-0.25, -0.2) is 4.98 Å². The van der Waals surface area contributed by atoms with E-state index < -0.39 is 0 Å². The second kappa shape index (κ2) is 9.43. The van der Waals surface area contributed by atoms with Crippen molar-refractivity contribution in [2.24, 2.45) is 0 Å². The highest BCUT2D eigenvalue weighted by Crippen LogP contribution is 2.23. The number of nitrogens with one attached hydrogen (secondary N) is 1. The monoisotopic (exact) mass is 374 g/mol. The maximum absolute atomic E-state index is 12.0. The molecule has 1 aromatic carbocycles. The minimum atomic E-state index is -0.0611. The Morgan fingerprint density at radius 3 is 2.73 bits per heavy atom. The van der Waals surface area contributed by atoms with Crippen LogP contribution in [0.25, 0.3) is 0 Å². The molecule has 1 amide bonds. The number of hydrogen-bond acceptors (Lipinski definition) is 4. The second-order valence-corrected chi connectivity index (χ2v) is 6.79. The number of hydrogen-bond donors (Lipinski definition) is 1.